The first-order valence-corrected chi connectivity index (χ1v) is 8.12. The fourth-order valence-corrected chi connectivity index (χ4v) is 2.82. The Hall–Kier alpha value is -1.37. The minimum absolute atomic E-state index is 0.274. The molecule has 0 unspecified atom stereocenters. The highest BCUT2D eigenvalue weighted by atomic mass is 16.1. The Morgan fingerprint density at radius 3 is 2.25 bits per heavy atom. The lowest BCUT2D eigenvalue weighted by atomic mass is 10.0. The van der Waals surface area contributed by atoms with Gasteiger partial charge in [0, 0.05) is 6.42 Å². The Kier molecular flexibility index (Phi) is 6.04. The monoisotopic (exact) mass is 270 g/mol. The van der Waals surface area contributed by atoms with Crippen LogP contribution in [0, 0.1) is 0 Å². The number of aryl methyl sites for hydroxylation is 1. The molecule has 0 saturated carbocycles. The van der Waals surface area contributed by atoms with Crippen LogP contribution in [0.2, 0.25) is 0 Å². The third-order valence-electron chi connectivity index (χ3n) is 4.12. The average molecular weight is 270 g/mol. The summed E-state index contributed by atoms with van der Waals surface area (Å²) >= 11 is 0. The van der Waals surface area contributed by atoms with Gasteiger partial charge in [-0.25, -0.2) is 0 Å². The summed E-state index contributed by atoms with van der Waals surface area (Å²) in [5.41, 5.74) is 3.86. The molecule has 0 spiro atoms. The van der Waals surface area contributed by atoms with E-state index >= 15 is 0 Å². The summed E-state index contributed by atoms with van der Waals surface area (Å²) in [6.07, 6.45) is 12.7. The van der Waals surface area contributed by atoms with E-state index in [4.69, 9.17) is 0 Å². The maximum Gasteiger partial charge on any atom is 0.156 e. The van der Waals surface area contributed by atoms with Crippen molar-refractivity contribution >= 4 is 11.4 Å². The molecule has 1 aromatic carbocycles. The van der Waals surface area contributed by atoms with E-state index in [1.165, 1.54) is 61.6 Å². The predicted molar refractivity (Wildman–Crippen MR) is 85.7 cm³/mol. The summed E-state index contributed by atoms with van der Waals surface area (Å²) < 4.78 is 0. The van der Waals surface area contributed by atoms with Gasteiger partial charge in [0.15, 0.2) is 5.78 Å². The summed E-state index contributed by atoms with van der Waals surface area (Å²) in [5, 5.41) is 0. The van der Waals surface area contributed by atoms with E-state index in [0.717, 1.165) is 6.42 Å². The average Bonchev–Trinajstić information content (AvgIpc) is 2.90. The normalized spacial score (nSPS) is 14.7. The molecule has 0 atom stereocenters. The van der Waals surface area contributed by atoms with E-state index in [9.17, 15) is 4.79 Å². The molecule has 1 nitrogen and oxygen atoms in total. The Labute approximate surface area is 123 Å². The predicted octanol–water partition coefficient (Wildman–Crippen LogP) is 5.34. The topological polar surface area (TPSA) is 17.1 Å². The molecular weight excluding hydrogens is 244 g/mol. The molecule has 0 amide bonds. The minimum atomic E-state index is 0.274. The standard InChI is InChI=1S/C19H26O/c1-2-3-4-5-6-7-8-16-9-11-17(12-10-16)18-13-14-19(20)15-18/h9-12,15H,2-8,13-14H2,1H3. The van der Waals surface area contributed by atoms with Gasteiger partial charge in [-0.3, -0.25) is 4.79 Å². The number of carbonyl (C=O) groups excluding carboxylic acids is 1. The van der Waals surface area contributed by atoms with Crippen LogP contribution in [-0.2, 0) is 11.2 Å². The lowest BCUT2D eigenvalue weighted by molar-refractivity contribution is -0.114. The summed E-state index contributed by atoms with van der Waals surface area (Å²) in [5.74, 6) is 0.274. The number of carbonyl (C=O) groups is 1. The highest BCUT2D eigenvalue weighted by molar-refractivity contribution is 6.01. The molecule has 0 radical (unpaired) electrons. The van der Waals surface area contributed by atoms with Crippen molar-refractivity contribution in [1.82, 2.24) is 0 Å². The largest absolute Gasteiger partial charge is 0.295 e. The van der Waals surface area contributed by atoms with Crippen molar-refractivity contribution in [2.45, 2.75) is 64.7 Å². The third-order valence-corrected chi connectivity index (χ3v) is 4.12. The van der Waals surface area contributed by atoms with Crippen LogP contribution in [0.1, 0.15) is 69.4 Å². The zero-order chi connectivity index (χ0) is 14.2. The van der Waals surface area contributed by atoms with Crippen LogP contribution in [0.5, 0.6) is 0 Å². The summed E-state index contributed by atoms with van der Waals surface area (Å²) in [6.45, 7) is 2.26. The van der Waals surface area contributed by atoms with E-state index in [0.29, 0.717) is 6.42 Å². The minimum Gasteiger partial charge on any atom is -0.295 e. The highest BCUT2D eigenvalue weighted by Gasteiger charge is 2.13. The van der Waals surface area contributed by atoms with Gasteiger partial charge in [0.1, 0.15) is 0 Å². The molecule has 0 aliphatic heterocycles. The van der Waals surface area contributed by atoms with Crippen LogP contribution in [0.15, 0.2) is 30.3 Å². The molecule has 108 valence electrons. The molecule has 1 aliphatic carbocycles. The second-order valence-electron chi connectivity index (χ2n) is 5.85. The van der Waals surface area contributed by atoms with Crippen LogP contribution in [-0.4, -0.2) is 5.78 Å². The van der Waals surface area contributed by atoms with Crippen molar-refractivity contribution in [3.8, 4) is 0 Å². The van der Waals surface area contributed by atoms with E-state index in [1.54, 1.807) is 0 Å². The molecular formula is C19H26O. The van der Waals surface area contributed by atoms with Gasteiger partial charge >= 0.3 is 0 Å². The van der Waals surface area contributed by atoms with E-state index < -0.39 is 0 Å². The van der Waals surface area contributed by atoms with Gasteiger partial charge < -0.3 is 0 Å². The number of hydrogen-bond acceptors (Lipinski definition) is 1. The van der Waals surface area contributed by atoms with Gasteiger partial charge in [0.25, 0.3) is 0 Å². The van der Waals surface area contributed by atoms with Crippen molar-refractivity contribution in [2.75, 3.05) is 0 Å². The molecule has 2 rings (SSSR count). The first-order valence-electron chi connectivity index (χ1n) is 8.12. The number of ketones is 1. The first kappa shape index (κ1) is 15.0. The molecule has 0 aromatic heterocycles. The van der Waals surface area contributed by atoms with Crippen LogP contribution >= 0.6 is 0 Å². The van der Waals surface area contributed by atoms with Crippen molar-refractivity contribution in [2.24, 2.45) is 0 Å². The Morgan fingerprint density at radius 2 is 1.60 bits per heavy atom. The SMILES string of the molecule is CCCCCCCCc1ccc(C2=CC(=O)CC2)cc1. The Morgan fingerprint density at radius 1 is 0.900 bits per heavy atom. The third kappa shape index (κ3) is 4.63. The van der Waals surface area contributed by atoms with E-state index in [2.05, 4.69) is 31.2 Å². The maximum absolute atomic E-state index is 11.3. The smallest absolute Gasteiger partial charge is 0.156 e. The molecule has 0 saturated heterocycles. The fourth-order valence-electron chi connectivity index (χ4n) is 2.82. The van der Waals surface area contributed by atoms with Gasteiger partial charge in [-0.2, -0.15) is 0 Å². The second kappa shape index (κ2) is 8.04. The lowest BCUT2D eigenvalue weighted by Gasteiger charge is -2.05. The lowest BCUT2D eigenvalue weighted by Crippen LogP contribution is -1.88. The summed E-state index contributed by atoms with van der Waals surface area (Å²) in [7, 11) is 0. The number of benzene rings is 1. The van der Waals surface area contributed by atoms with Gasteiger partial charge in [-0.15, -0.1) is 0 Å². The van der Waals surface area contributed by atoms with Crippen molar-refractivity contribution in [1.29, 1.82) is 0 Å². The fraction of sp³-hybridized carbons (Fsp3) is 0.526. The number of allylic oxidation sites excluding steroid dienone is 2. The number of rotatable bonds is 8. The molecule has 0 bridgehead atoms. The van der Waals surface area contributed by atoms with Crippen molar-refractivity contribution in [3.63, 3.8) is 0 Å². The van der Waals surface area contributed by atoms with Gasteiger partial charge in [0.05, 0.1) is 0 Å². The zero-order valence-corrected chi connectivity index (χ0v) is 12.7. The van der Waals surface area contributed by atoms with Crippen molar-refractivity contribution in [3.05, 3.63) is 41.5 Å². The van der Waals surface area contributed by atoms with Crippen molar-refractivity contribution < 1.29 is 4.79 Å². The summed E-state index contributed by atoms with van der Waals surface area (Å²) in [6, 6.07) is 8.81. The van der Waals surface area contributed by atoms with Crippen LogP contribution in [0.3, 0.4) is 0 Å². The maximum atomic E-state index is 11.3. The molecule has 0 fully saturated rings. The molecule has 1 heteroatoms. The van der Waals surface area contributed by atoms with E-state index in [-0.39, 0.29) is 5.78 Å². The molecule has 20 heavy (non-hydrogen) atoms. The number of unbranched alkanes of at least 4 members (excludes halogenated alkanes) is 5. The summed E-state index contributed by atoms with van der Waals surface area (Å²) in [4.78, 5) is 11.3. The van der Waals surface area contributed by atoms with Crippen LogP contribution < -0.4 is 0 Å². The number of hydrogen-bond donors (Lipinski definition) is 0. The quantitative estimate of drug-likeness (QED) is 0.583. The van der Waals surface area contributed by atoms with Gasteiger partial charge in [-0.1, -0.05) is 63.3 Å². The van der Waals surface area contributed by atoms with Crippen LogP contribution in [0.4, 0.5) is 0 Å². The van der Waals surface area contributed by atoms with Crippen LogP contribution in [0.25, 0.3) is 5.57 Å². The zero-order valence-electron chi connectivity index (χ0n) is 12.7. The first-order chi connectivity index (χ1) is 9.79. The second-order valence-corrected chi connectivity index (χ2v) is 5.85. The Bertz CT molecular complexity index is 453. The van der Waals surface area contributed by atoms with Gasteiger partial charge in [0.2, 0.25) is 0 Å². The molecule has 1 aliphatic rings. The molecule has 0 N–H and O–H groups in total. The van der Waals surface area contributed by atoms with Gasteiger partial charge in [-0.05, 0) is 42.0 Å². The highest BCUT2D eigenvalue weighted by Crippen LogP contribution is 2.26. The molecule has 1 aromatic rings. The molecule has 0 heterocycles. The van der Waals surface area contributed by atoms with E-state index in [1.807, 2.05) is 6.08 Å². The Balaban J connectivity index is 1.74.